The lowest BCUT2D eigenvalue weighted by molar-refractivity contribution is -0.120. The SMILES string of the molecule is NC(=O)CCCc1ccc(N2C(=O)C=CC2=O)cc1.NCCOP(=O)(O)O. The van der Waals surface area contributed by atoms with Gasteiger partial charge in [0.25, 0.3) is 11.8 Å². The number of carbonyl (C=O) groups is 3. The van der Waals surface area contributed by atoms with E-state index in [4.69, 9.17) is 21.3 Å². The Morgan fingerprint density at radius 3 is 2.07 bits per heavy atom. The molecule has 1 aromatic rings. The summed E-state index contributed by atoms with van der Waals surface area (Å²) >= 11 is 0. The highest BCUT2D eigenvalue weighted by Gasteiger charge is 2.24. The van der Waals surface area contributed by atoms with E-state index >= 15 is 0 Å². The van der Waals surface area contributed by atoms with Gasteiger partial charge < -0.3 is 21.3 Å². The molecule has 1 aliphatic rings. The molecule has 1 aromatic carbocycles. The number of nitrogens with zero attached hydrogens (tertiary/aromatic N) is 1. The highest BCUT2D eigenvalue weighted by molar-refractivity contribution is 7.46. The molecule has 0 bridgehead atoms. The number of anilines is 1. The molecule has 3 amide bonds. The molecule has 0 atom stereocenters. The first kappa shape index (κ1) is 22.7. The number of hydrogen-bond donors (Lipinski definition) is 4. The van der Waals surface area contributed by atoms with Gasteiger partial charge in [0.05, 0.1) is 12.3 Å². The van der Waals surface area contributed by atoms with Crippen LogP contribution in [0.15, 0.2) is 36.4 Å². The Labute approximate surface area is 156 Å². The van der Waals surface area contributed by atoms with Gasteiger partial charge in [-0.15, -0.1) is 0 Å². The summed E-state index contributed by atoms with van der Waals surface area (Å²) in [6.45, 7) is 0.00931. The molecule has 10 nitrogen and oxygen atoms in total. The minimum Gasteiger partial charge on any atom is -0.370 e. The van der Waals surface area contributed by atoms with E-state index in [1.165, 1.54) is 12.2 Å². The average molecular weight is 399 g/mol. The second-order valence-corrected chi connectivity index (χ2v) is 6.68. The van der Waals surface area contributed by atoms with Gasteiger partial charge in [0.15, 0.2) is 0 Å². The minimum atomic E-state index is -4.26. The number of amides is 3. The van der Waals surface area contributed by atoms with Crippen molar-refractivity contribution in [2.45, 2.75) is 19.3 Å². The maximum absolute atomic E-state index is 11.5. The molecule has 0 saturated carbocycles. The summed E-state index contributed by atoms with van der Waals surface area (Å²) in [5.74, 6) is -0.964. The molecule has 148 valence electrons. The quantitative estimate of drug-likeness (QED) is 0.348. The maximum Gasteiger partial charge on any atom is 0.469 e. The molecule has 0 aliphatic carbocycles. The molecule has 2 rings (SSSR count). The van der Waals surface area contributed by atoms with Gasteiger partial charge in [0.2, 0.25) is 5.91 Å². The fourth-order valence-electron chi connectivity index (χ4n) is 2.10. The van der Waals surface area contributed by atoms with Crippen LogP contribution < -0.4 is 16.4 Å². The van der Waals surface area contributed by atoms with Crippen LogP contribution in [0.5, 0.6) is 0 Å². The molecule has 11 heteroatoms. The van der Waals surface area contributed by atoms with Crippen molar-refractivity contribution in [2.75, 3.05) is 18.1 Å². The Balaban J connectivity index is 0.000000387. The van der Waals surface area contributed by atoms with Crippen LogP contribution in [0.3, 0.4) is 0 Å². The fraction of sp³-hybridized carbons (Fsp3) is 0.312. The Morgan fingerprint density at radius 1 is 1.11 bits per heavy atom. The molecular formula is C16H22N3O7P. The van der Waals surface area contributed by atoms with Gasteiger partial charge in [0, 0.05) is 25.1 Å². The molecule has 0 fully saturated rings. The average Bonchev–Trinajstić information content (AvgIpc) is 2.92. The van der Waals surface area contributed by atoms with Crippen molar-refractivity contribution in [3.8, 4) is 0 Å². The zero-order valence-corrected chi connectivity index (χ0v) is 15.4. The second-order valence-electron chi connectivity index (χ2n) is 5.44. The largest absolute Gasteiger partial charge is 0.469 e. The topological polar surface area (TPSA) is 173 Å². The lowest BCUT2D eigenvalue weighted by atomic mass is 10.1. The number of aryl methyl sites for hydroxylation is 1. The summed E-state index contributed by atoms with van der Waals surface area (Å²) in [4.78, 5) is 50.7. The minimum absolute atomic E-state index is 0.107. The molecule has 0 spiro atoms. The van der Waals surface area contributed by atoms with Crippen molar-refractivity contribution < 1.29 is 33.3 Å². The van der Waals surface area contributed by atoms with E-state index in [1.54, 1.807) is 12.1 Å². The smallest absolute Gasteiger partial charge is 0.370 e. The van der Waals surface area contributed by atoms with Gasteiger partial charge in [-0.2, -0.15) is 0 Å². The zero-order valence-electron chi connectivity index (χ0n) is 14.5. The van der Waals surface area contributed by atoms with Crippen molar-refractivity contribution >= 4 is 31.2 Å². The second kappa shape index (κ2) is 10.7. The number of phosphoric ester groups is 1. The molecule has 0 radical (unpaired) electrons. The normalized spacial score (nSPS) is 13.5. The van der Waals surface area contributed by atoms with Gasteiger partial charge in [0.1, 0.15) is 0 Å². The third-order valence-electron chi connectivity index (χ3n) is 3.27. The molecule has 0 saturated heterocycles. The summed E-state index contributed by atoms with van der Waals surface area (Å²) in [5, 5.41) is 0. The van der Waals surface area contributed by atoms with Crippen LogP contribution in [0.25, 0.3) is 0 Å². The van der Waals surface area contributed by atoms with Gasteiger partial charge >= 0.3 is 7.82 Å². The number of primary amides is 1. The van der Waals surface area contributed by atoms with Gasteiger partial charge in [-0.3, -0.25) is 18.9 Å². The van der Waals surface area contributed by atoms with E-state index in [2.05, 4.69) is 4.52 Å². The van der Waals surface area contributed by atoms with Crippen LogP contribution >= 0.6 is 7.82 Å². The fourth-order valence-corrected chi connectivity index (χ4v) is 2.45. The molecule has 1 aliphatic heterocycles. The number of nitrogens with two attached hydrogens (primary N) is 2. The number of rotatable bonds is 8. The summed E-state index contributed by atoms with van der Waals surface area (Å²) in [6.07, 6.45) is 4.29. The lowest BCUT2D eigenvalue weighted by Crippen LogP contribution is -2.29. The monoisotopic (exact) mass is 399 g/mol. The van der Waals surface area contributed by atoms with Gasteiger partial charge in [-0.05, 0) is 30.5 Å². The summed E-state index contributed by atoms with van der Waals surface area (Å²) in [6, 6.07) is 7.13. The lowest BCUT2D eigenvalue weighted by Gasteiger charge is -2.14. The standard InChI is InChI=1S/C14H14N2O3.C2H8NO4P/c15-12(17)3-1-2-10-4-6-11(7-5-10)16-13(18)8-9-14(16)19;3-1-2-7-8(4,5)6/h4-9H,1-3H2,(H2,15,17);1-3H2,(H2,4,5,6). The first-order valence-corrected chi connectivity index (χ1v) is 9.50. The number of carbonyl (C=O) groups excluding carboxylic acids is 3. The molecular weight excluding hydrogens is 377 g/mol. The highest BCUT2D eigenvalue weighted by Crippen LogP contribution is 2.34. The summed E-state index contributed by atoms with van der Waals surface area (Å²) in [7, 11) is -4.26. The van der Waals surface area contributed by atoms with Crippen LogP contribution in [0, 0.1) is 0 Å². The van der Waals surface area contributed by atoms with E-state index in [9.17, 15) is 18.9 Å². The molecule has 0 aromatic heterocycles. The van der Waals surface area contributed by atoms with Gasteiger partial charge in [-0.1, -0.05) is 12.1 Å². The number of imide groups is 1. The third-order valence-corrected chi connectivity index (χ3v) is 3.79. The Morgan fingerprint density at radius 2 is 1.67 bits per heavy atom. The van der Waals surface area contributed by atoms with Crippen molar-refractivity contribution in [3.05, 3.63) is 42.0 Å². The number of benzene rings is 1. The Bertz CT molecular complexity index is 725. The van der Waals surface area contributed by atoms with E-state index in [1.807, 2.05) is 12.1 Å². The van der Waals surface area contributed by atoms with E-state index in [0.717, 1.165) is 16.9 Å². The van der Waals surface area contributed by atoms with Crippen molar-refractivity contribution in [3.63, 3.8) is 0 Å². The zero-order chi connectivity index (χ0) is 20.4. The summed E-state index contributed by atoms with van der Waals surface area (Å²) in [5.41, 5.74) is 11.5. The first-order valence-electron chi connectivity index (χ1n) is 7.97. The van der Waals surface area contributed by atoms with E-state index < -0.39 is 7.82 Å². The van der Waals surface area contributed by atoms with Crippen molar-refractivity contribution in [2.24, 2.45) is 11.5 Å². The van der Waals surface area contributed by atoms with Crippen LogP contribution in [-0.2, 0) is 29.9 Å². The number of hydrogen-bond acceptors (Lipinski definition) is 6. The van der Waals surface area contributed by atoms with Gasteiger partial charge in [-0.25, -0.2) is 9.46 Å². The predicted octanol–water partition coefficient (Wildman–Crippen LogP) is -0.0216. The Kier molecular flexibility index (Phi) is 8.99. The van der Waals surface area contributed by atoms with Crippen LogP contribution in [0.2, 0.25) is 0 Å². The van der Waals surface area contributed by atoms with Crippen molar-refractivity contribution in [1.29, 1.82) is 0 Å². The molecule has 6 N–H and O–H groups in total. The maximum atomic E-state index is 11.5. The highest BCUT2D eigenvalue weighted by atomic mass is 31.2. The molecule has 0 unspecified atom stereocenters. The summed E-state index contributed by atoms with van der Waals surface area (Å²) < 4.78 is 13.7. The van der Waals surface area contributed by atoms with E-state index in [0.29, 0.717) is 18.5 Å². The van der Waals surface area contributed by atoms with Crippen LogP contribution in [-0.4, -0.2) is 40.7 Å². The van der Waals surface area contributed by atoms with Crippen LogP contribution in [0.4, 0.5) is 5.69 Å². The van der Waals surface area contributed by atoms with Crippen LogP contribution in [0.1, 0.15) is 18.4 Å². The van der Waals surface area contributed by atoms with Crippen molar-refractivity contribution in [1.82, 2.24) is 0 Å². The number of phosphoric acid groups is 1. The molecule has 27 heavy (non-hydrogen) atoms. The molecule has 1 heterocycles. The first-order chi connectivity index (χ1) is 12.6. The third kappa shape index (κ3) is 8.72. The Hall–Kier alpha value is -2.36. The van der Waals surface area contributed by atoms with E-state index in [-0.39, 0.29) is 30.9 Å². The predicted molar refractivity (Wildman–Crippen MR) is 97.3 cm³/mol.